The Balaban J connectivity index is 1.59. The van der Waals surface area contributed by atoms with Gasteiger partial charge in [0.2, 0.25) is 5.78 Å². The Bertz CT molecular complexity index is 1410. The molecule has 0 atom stereocenters. The number of ketones is 1. The molecule has 1 N–H and O–H groups in total. The van der Waals surface area contributed by atoms with Crippen LogP contribution in [-0.2, 0) is 6.54 Å². The molecule has 0 aliphatic heterocycles. The third-order valence-corrected chi connectivity index (χ3v) is 6.25. The molecule has 0 aliphatic carbocycles. The van der Waals surface area contributed by atoms with Crippen molar-refractivity contribution in [1.82, 2.24) is 4.98 Å². The fourth-order valence-electron chi connectivity index (χ4n) is 3.77. The predicted molar refractivity (Wildman–Crippen MR) is 144 cm³/mol. The molecule has 0 unspecified atom stereocenters. The quantitative estimate of drug-likeness (QED) is 0.260. The van der Waals surface area contributed by atoms with Crippen LogP contribution in [0.3, 0.4) is 0 Å². The molecule has 182 valence electrons. The molecule has 1 heterocycles. The van der Waals surface area contributed by atoms with Gasteiger partial charge in [-0.2, -0.15) is 0 Å². The highest BCUT2D eigenvalue weighted by Crippen LogP contribution is 2.26. The zero-order valence-electron chi connectivity index (χ0n) is 19.7. The lowest BCUT2D eigenvalue weighted by Gasteiger charge is -2.21. The van der Waals surface area contributed by atoms with Crippen molar-refractivity contribution in [3.8, 4) is 0 Å². The lowest BCUT2D eigenvalue weighted by molar-refractivity contribution is 0.0697. The van der Waals surface area contributed by atoms with Gasteiger partial charge in [-0.15, -0.1) is 0 Å². The zero-order valence-corrected chi connectivity index (χ0v) is 21.2. The first-order valence-corrected chi connectivity index (χ1v) is 11.8. The Hall–Kier alpha value is -3.87. The van der Waals surface area contributed by atoms with Crippen LogP contribution in [0.25, 0.3) is 0 Å². The summed E-state index contributed by atoms with van der Waals surface area (Å²) in [6.07, 6.45) is 1.61. The van der Waals surface area contributed by atoms with Gasteiger partial charge < -0.3 is 14.9 Å². The van der Waals surface area contributed by atoms with Crippen LogP contribution in [0, 0.1) is 0 Å². The molecule has 0 saturated carbocycles. The molecule has 0 bridgehead atoms. The number of carbonyl (C=O) groups is 2. The van der Waals surface area contributed by atoms with E-state index in [1.165, 1.54) is 6.07 Å². The summed E-state index contributed by atoms with van der Waals surface area (Å²) in [6.45, 7) is 0.487. The summed E-state index contributed by atoms with van der Waals surface area (Å²) in [4.78, 5) is 33.2. The summed E-state index contributed by atoms with van der Waals surface area (Å²) in [5, 5.41) is 10.9. The van der Waals surface area contributed by atoms with Crippen LogP contribution in [0.2, 0.25) is 10.0 Å². The lowest BCUT2D eigenvalue weighted by atomic mass is 10.0. The van der Waals surface area contributed by atoms with Crippen LogP contribution in [0.4, 0.5) is 17.1 Å². The Morgan fingerprint density at radius 2 is 1.50 bits per heavy atom. The molecule has 6 nitrogen and oxygen atoms in total. The molecule has 0 aliphatic rings. The van der Waals surface area contributed by atoms with Crippen LogP contribution in [0.15, 0.2) is 85.1 Å². The van der Waals surface area contributed by atoms with Gasteiger partial charge in [0.1, 0.15) is 5.69 Å². The highest BCUT2D eigenvalue weighted by molar-refractivity contribution is 6.30. The van der Waals surface area contributed by atoms with Crippen molar-refractivity contribution in [2.45, 2.75) is 6.54 Å². The summed E-state index contributed by atoms with van der Waals surface area (Å²) in [7, 11) is 3.72. The topological polar surface area (TPSA) is 73.7 Å². The molecule has 4 rings (SSSR count). The van der Waals surface area contributed by atoms with Crippen LogP contribution < -0.4 is 9.80 Å². The number of hydrogen-bond acceptors (Lipinski definition) is 5. The summed E-state index contributed by atoms with van der Waals surface area (Å²) in [5.74, 6) is -1.48. The second-order valence-electron chi connectivity index (χ2n) is 8.33. The number of aromatic carboxylic acids is 1. The number of pyridine rings is 1. The van der Waals surface area contributed by atoms with Crippen LogP contribution >= 0.6 is 23.2 Å². The minimum absolute atomic E-state index is 0.0212. The minimum Gasteiger partial charge on any atom is -0.478 e. The molecule has 0 radical (unpaired) electrons. The summed E-state index contributed by atoms with van der Waals surface area (Å²) >= 11 is 12.1. The molecular formula is C28H23Cl2N3O3. The van der Waals surface area contributed by atoms with Gasteiger partial charge in [-0.1, -0.05) is 35.3 Å². The number of carbonyl (C=O) groups excluding carboxylic acids is 1. The van der Waals surface area contributed by atoms with Crippen LogP contribution in [0.1, 0.15) is 32.0 Å². The van der Waals surface area contributed by atoms with Gasteiger partial charge in [-0.05, 0) is 72.3 Å². The van der Waals surface area contributed by atoms with E-state index in [-0.39, 0.29) is 22.6 Å². The molecule has 4 aromatic rings. The molecule has 0 spiro atoms. The highest BCUT2D eigenvalue weighted by atomic mass is 35.5. The first-order chi connectivity index (χ1) is 17.2. The van der Waals surface area contributed by atoms with E-state index in [4.69, 9.17) is 23.2 Å². The van der Waals surface area contributed by atoms with Crippen molar-refractivity contribution in [3.63, 3.8) is 0 Å². The van der Waals surface area contributed by atoms with Crippen molar-refractivity contribution in [2.24, 2.45) is 0 Å². The zero-order chi connectivity index (χ0) is 25.8. The van der Waals surface area contributed by atoms with E-state index in [1.54, 1.807) is 48.7 Å². The van der Waals surface area contributed by atoms with Crippen molar-refractivity contribution >= 4 is 52.0 Å². The molecule has 3 aromatic carbocycles. The van der Waals surface area contributed by atoms with E-state index in [9.17, 15) is 14.7 Å². The van der Waals surface area contributed by atoms with Crippen LogP contribution in [0.5, 0.6) is 0 Å². The minimum atomic E-state index is -1.12. The van der Waals surface area contributed by atoms with E-state index < -0.39 is 5.97 Å². The fourth-order valence-corrected chi connectivity index (χ4v) is 4.11. The van der Waals surface area contributed by atoms with Gasteiger partial charge in [0, 0.05) is 47.6 Å². The maximum absolute atomic E-state index is 13.3. The first-order valence-electron chi connectivity index (χ1n) is 11.1. The first kappa shape index (κ1) is 25.2. The summed E-state index contributed by atoms with van der Waals surface area (Å²) < 4.78 is 0. The lowest BCUT2D eigenvalue weighted by Crippen LogP contribution is -2.18. The number of halogens is 2. The number of hydrogen-bond donors (Lipinski definition) is 1. The maximum atomic E-state index is 13.3. The van der Waals surface area contributed by atoms with Gasteiger partial charge in [0.25, 0.3) is 0 Å². The summed E-state index contributed by atoms with van der Waals surface area (Å²) in [6, 6.07) is 22.8. The van der Waals surface area contributed by atoms with Crippen molar-refractivity contribution in [3.05, 3.63) is 117 Å². The standard InChI is InChI=1S/C28H23Cl2N3O3/c1-32(17-18-4-3-5-22(30)12-18)25-14-19(13-20(15-25)28(35)36)27(34)26-11-10-24(16-31-26)33(2)23-8-6-21(29)7-9-23/h3-16H,17H2,1-2H3,(H,35,36). The molecule has 0 amide bonds. The van der Waals surface area contributed by atoms with E-state index in [1.807, 2.05) is 54.2 Å². The van der Waals surface area contributed by atoms with E-state index in [0.717, 1.165) is 16.9 Å². The number of carboxylic acids is 1. The van der Waals surface area contributed by atoms with E-state index >= 15 is 0 Å². The number of aromatic nitrogens is 1. The second-order valence-corrected chi connectivity index (χ2v) is 9.20. The largest absolute Gasteiger partial charge is 0.478 e. The van der Waals surface area contributed by atoms with Gasteiger partial charge in [-0.3, -0.25) is 9.78 Å². The SMILES string of the molecule is CN(Cc1cccc(Cl)c1)c1cc(C(=O)O)cc(C(=O)c2ccc(N(C)c3ccc(Cl)cc3)cn2)c1. The predicted octanol–water partition coefficient (Wildman–Crippen LogP) is 6.72. The molecule has 0 saturated heterocycles. The Morgan fingerprint density at radius 3 is 2.14 bits per heavy atom. The monoisotopic (exact) mass is 519 g/mol. The van der Waals surface area contributed by atoms with E-state index in [0.29, 0.717) is 22.3 Å². The third kappa shape index (κ3) is 5.85. The molecule has 0 fully saturated rings. The number of benzene rings is 3. The van der Waals surface area contributed by atoms with E-state index in [2.05, 4.69) is 4.98 Å². The fraction of sp³-hybridized carbons (Fsp3) is 0.107. The van der Waals surface area contributed by atoms with Crippen LogP contribution in [-0.4, -0.2) is 35.9 Å². The average molecular weight is 520 g/mol. The molecule has 8 heteroatoms. The third-order valence-electron chi connectivity index (χ3n) is 5.76. The van der Waals surface area contributed by atoms with Crippen molar-refractivity contribution in [2.75, 3.05) is 23.9 Å². The molecule has 36 heavy (non-hydrogen) atoms. The van der Waals surface area contributed by atoms with Gasteiger partial charge in [0.05, 0.1) is 17.4 Å². The normalized spacial score (nSPS) is 10.7. The summed E-state index contributed by atoms with van der Waals surface area (Å²) in [5.41, 5.74) is 3.74. The van der Waals surface area contributed by atoms with Crippen molar-refractivity contribution < 1.29 is 14.7 Å². The van der Waals surface area contributed by atoms with Crippen molar-refractivity contribution in [1.29, 1.82) is 0 Å². The average Bonchev–Trinajstić information content (AvgIpc) is 2.88. The highest BCUT2D eigenvalue weighted by Gasteiger charge is 2.17. The van der Waals surface area contributed by atoms with Gasteiger partial charge >= 0.3 is 5.97 Å². The molecule has 1 aromatic heterocycles. The Morgan fingerprint density at radius 1 is 0.806 bits per heavy atom. The smallest absolute Gasteiger partial charge is 0.335 e. The number of anilines is 3. The number of carboxylic acid groups (broad SMARTS) is 1. The molecular weight excluding hydrogens is 497 g/mol. The second kappa shape index (κ2) is 10.8. The van der Waals surface area contributed by atoms with Gasteiger partial charge in [0.15, 0.2) is 0 Å². The number of rotatable bonds is 8. The maximum Gasteiger partial charge on any atom is 0.335 e. The Kier molecular flexibility index (Phi) is 7.58. The Labute approximate surface area is 219 Å². The van der Waals surface area contributed by atoms with Gasteiger partial charge in [-0.25, -0.2) is 4.79 Å². The number of nitrogens with zero attached hydrogens (tertiary/aromatic N) is 3.